The van der Waals surface area contributed by atoms with E-state index < -0.39 is 11.6 Å². The number of rotatable bonds is 8. The Balaban J connectivity index is 1.52. The minimum Gasteiger partial charge on any atom is -0.494 e. The minimum atomic E-state index is -0.999. The lowest BCUT2D eigenvalue weighted by atomic mass is 9.77. The second-order valence-electron chi connectivity index (χ2n) is 8.74. The molecule has 0 amide bonds. The Hall–Kier alpha value is -2.34. The fraction of sp³-hybridized carbons (Fsp3) is 0.500. The van der Waals surface area contributed by atoms with Crippen molar-refractivity contribution in [2.75, 3.05) is 7.11 Å². The summed E-state index contributed by atoms with van der Waals surface area (Å²) in [5.74, 6) is 5.14. The minimum absolute atomic E-state index is 0.0374. The van der Waals surface area contributed by atoms with Gasteiger partial charge in [0.2, 0.25) is 5.82 Å². The normalized spacial score (nSPS) is 18.3. The molecule has 166 valence electrons. The van der Waals surface area contributed by atoms with E-state index in [0.717, 1.165) is 11.5 Å². The highest BCUT2D eigenvalue weighted by Gasteiger charge is 2.22. The standard InChI is InChI=1S/C28H34F2O/c1-3-4-5-6-7-8-21-9-14-23(15-10-21)24-16-11-22(12-17-24)13-18-25-19-20-26(31-2)28(30)27(25)29/h11-12,16-17,19-21,23H,3-10,14-15H2,1-2H3/t21-,23-. The van der Waals surface area contributed by atoms with E-state index in [9.17, 15) is 8.78 Å². The Morgan fingerprint density at radius 2 is 1.55 bits per heavy atom. The largest absolute Gasteiger partial charge is 0.494 e. The lowest BCUT2D eigenvalue weighted by molar-refractivity contribution is 0.302. The van der Waals surface area contributed by atoms with Crippen LogP contribution in [0, 0.1) is 29.4 Å². The molecule has 1 fully saturated rings. The molecular weight excluding hydrogens is 390 g/mol. The molecule has 0 saturated heterocycles. The number of hydrogen-bond donors (Lipinski definition) is 0. The molecule has 2 aromatic rings. The van der Waals surface area contributed by atoms with Crippen LogP contribution in [-0.2, 0) is 0 Å². The van der Waals surface area contributed by atoms with E-state index in [-0.39, 0.29) is 11.3 Å². The van der Waals surface area contributed by atoms with Gasteiger partial charge in [-0.2, -0.15) is 4.39 Å². The van der Waals surface area contributed by atoms with Crippen molar-refractivity contribution < 1.29 is 13.5 Å². The molecule has 1 aliphatic rings. The molecule has 0 bridgehead atoms. The highest BCUT2D eigenvalue weighted by molar-refractivity contribution is 5.46. The molecule has 0 aliphatic heterocycles. The van der Waals surface area contributed by atoms with Crippen LogP contribution in [0.5, 0.6) is 5.75 Å². The number of halogens is 2. The van der Waals surface area contributed by atoms with Crippen LogP contribution in [0.25, 0.3) is 0 Å². The SMILES string of the molecule is CCCCCCC[C@H]1CC[C@H](c2ccc(C#Cc3ccc(OC)c(F)c3F)cc2)CC1. The lowest BCUT2D eigenvalue weighted by Gasteiger charge is -2.29. The average molecular weight is 425 g/mol. The van der Waals surface area contributed by atoms with Crippen molar-refractivity contribution in [3.05, 3.63) is 64.7 Å². The first-order valence-corrected chi connectivity index (χ1v) is 11.8. The van der Waals surface area contributed by atoms with Gasteiger partial charge in [0.25, 0.3) is 0 Å². The van der Waals surface area contributed by atoms with Gasteiger partial charge in [-0.15, -0.1) is 0 Å². The Labute approximate surface area is 186 Å². The third kappa shape index (κ3) is 6.57. The average Bonchev–Trinajstić information content (AvgIpc) is 2.81. The first-order chi connectivity index (χ1) is 15.1. The summed E-state index contributed by atoms with van der Waals surface area (Å²) in [7, 11) is 1.31. The van der Waals surface area contributed by atoms with Crippen molar-refractivity contribution in [2.24, 2.45) is 5.92 Å². The molecule has 0 N–H and O–H groups in total. The zero-order valence-electron chi connectivity index (χ0n) is 18.9. The topological polar surface area (TPSA) is 9.23 Å². The first kappa shape index (κ1) is 23.3. The zero-order valence-corrected chi connectivity index (χ0v) is 18.9. The molecule has 31 heavy (non-hydrogen) atoms. The Bertz CT molecular complexity index is 884. The molecule has 3 heteroatoms. The first-order valence-electron chi connectivity index (χ1n) is 11.8. The van der Waals surface area contributed by atoms with Crippen molar-refractivity contribution in [1.82, 2.24) is 0 Å². The van der Waals surface area contributed by atoms with Gasteiger partial charge < -0.3 is 4.74 Å². The van der Waals surface area contributed by atoms with Gasteiger partial charge in [-0.3, -0.25) is 0 Å². The van der Waals surface area contributed by atoms with Crippen LogP contribution >= 0.6 is 0 Å². The van der Waals surface area contributed by atoms with Crippen LogP contribution < -0.4 is 4.74 Å². The molecule has 0 aromatic heterocycles. The van der Waals surface area contributed by atoms with Gasteiger partial charge in [0.05, 0.1) is 12.7 Å². The molecule has 0 unspecified atom stereocenters. The smallest absolute Gasteiger partial charge is 0.201 e. The van der Waals surface area contributed by atoms with Gasteiger partial charge in [0, 0.05) is 5.56 Å². The number of unbranched alkanes of at least 4 members (excludes halogenated alkanes) is 4. The van der Waals surface area contributed by atoms with Gasteiger partial charge in [0.15, 0.2) is 11.6 Å². The highest BCUT2D eigenvalue weighted by Crippen LogP contribution is 2.37. The molecule has 0 radical (unpaired) electrons. The third-order valence-corrected chi connectivity index (χ3v) is 6.55. The summed E-state index contributed by atoms with van der Waals surface area (Å²) in [5.41, 5.74) is 2.21. The Morgan fingerprint density at radius 1 is 0.839 bits per heavy atom. The Morgan fingerprint density at radius 3 is 2.23 bits per heavy atom. The van der Waals surface area contributed by atoms with Gasteiger partial charge in [-0.25, -0.2) is 4.39 Å². The van der Waals surface area contributed by atoms with E-state index >= 15 is 0 Å². The molecule has 3 rings (SSSR count). The molecular formula is C28H34F2O. The molecule has 1 aliphatic carbocycles. The van der Waals surface area contributed by atoms with Crippen molar-refractivity contribution in [2.45, 2.75) is 77.0 Å². The van der Waals surface area contributed by atoms with Crippen LogP contribution in [0.2, 0.25) is 0 Å². The summed E-state index contributed by atoms with van der Waals surface area (Å²) >= 11 is 0. The Kier molecular flexibility index (Phi) is 8.95. The van der Waals surface area contributed by atoms with E-state index in [2.05, 4.69) is 30.9 Å². The number of hydrogen-bond acceptors (Lipinski definition) is 1. The second-order valence-corrected chi connectivity index (χ2v) is 8.74. The van der Waals surface area contributed by atoms with Crippen molar-refractivity contribution in [3.63, 3.8) is 0 Å². The van der Waals surface area contributed by atoms with Crippen LogP contribution in [0.15, 0.2) is 36.4 Å². The number of methoxy groups -OCH3 is 1. The summed E-state index contributed by atoms with van der Waals surface area (Å²) in [5, 5.41) is 0. The fourth-order valence-electron chi connectivity index (χ4n) is 4.59. The maximum absolute atomic E-state index is 14.1. The highest BCUT2D eigenvalue weighted by atomic mass is 19.2. The summed E-state index contributed by atoms with van der Waals surface area (Å²) in [6.45, 7) is 2.27. The quantitative estimate of drug-likeness (QED) is 0.308. The van der Waals surface area contributed by atoms with Crippen LogP contribution in [0.3, 0.4) is 0 Å². The van der Waals surface area contributed by atoms with E-state index in [1.165, 1.54) is 89.0 Å². The summed E-state index contributed by atoms with van der Waals surface area (Å²) in [6, 6.07) is 11.1. The maximum Gasteiger partial charge on any atom is 0.201 e. The molecule has 1 saturated carbocycles. The van der Waals surface area contributed by atoms with Gasteiger partial charge >= 0.3 is 0 Å². The van der Waals surface area contributed by atoms with Gasteiger partial charge in [0.1, 0.15) is 0 Å². The predicted octanol–water partition coefficient (Wildman–Crippen LogP) is 8.01. The number of ether oxygens (including phenoxy) is 1. The van der Waals surface area contributed by atoms with E-state index in [1.807, 2.05) is 12.1 Å². The predicted molar refractivity (Wildman–Crippen MR) is 123 cm³/mol. The summed E-state index contributed by atoms with van der Waals surface area (Å²) in [4.78, 5) is 0. The van der Waals surface area contributed by atoms with Crippen LogP contribution in [0.1, 0.15) is 93.7 Å². The molecule has 2 aromatic carbocycles. The van der Waals surface area contributed by atoms with E-state index in [0.29, 0.717) is 5.92 Å². The summed E-state index contributed by atoms with van der Waals surface area (Å²) in [6.07, 6.45) is 13.5. The maximum atomic E-state index is 14.1. The van der Waals surface area contributed by atoms with Crippen molar-refractivity contribution in [3.8, 4) is 17.6 Å². The van der Waals surface area contributed by atoms with E-state index in [4.69, 9.17) is 4.74 Å². The van der Waals surface area contributed by atoms with E-state index in [1.54, 1.807) is 0 Å². The molecule has 1 nitrogen and oxygen atoms in total. The lowest BCUT2D eigenvalue weighted by Crippen LogP contribution is -2.13. The monoisotopic (exact) mass is 424 g/mol. The zero-order chi connectivity index (χ0) is 22.1. The summed E-state index contributed by atoms with van der Waals surface area (Å²) < 4.78 is 32.7. The molecule has 0 atom stereocenters. The number of benzene rings is 2. The van der Waals surface area contributed by atoms with Crippen LogP contribution in [0.4, 0.5) is 8.78 Å². The van der Waals surface area contributed by atoms with Crippen molar-refractivity contribution >= 4 is 0 Å². The second kappa shape index (κ2) is 11.9. The molecule has 0 heterocycles. The van der Waals surface area contributed by atoms with Crippen LogP contribution in [-0.4, -0.2) is 7.11 Å². The van der Waals surface area contributed by atoms with Gasteiger partial charge in [-0.1, -0.05) is 69.4 Å². The fourth-order valence-corrected chi connectivity index (χ4v) is 4.59. The van der Waals surface area contributed by atoms with Crippen molar-refractivity contribution in [1.29, 1.82) is 0 Å². The third-order valence-electron chi connectivity index (χ3n) is 6.55. The van der Waals surface area contributed by atoms with Gasteiger partial charge in [-0.05, 0) is 67.3 Å². The molecule has 0 spiro atoms.